The number of aliphatic hydroxyl groups excluding tert-OH is 2. The van der Waals surface area contributed by atoms with Crippen molar-refractivity contribution in [3.63, 3.8) is 0 Å². The van der Waals surface area contributed by atoms with Crippen LogP contribution in [-0.2, 0) is 4.74 Å². The number of benzene rings is 1. The Morgan fingerprint density at radius 3 is 2.72 bits per heavy atom. The smallest absolute Gasteiger partial charge is 0.146 e. The van der Waals surface area contributed by atoms with Crippen LogP contribution < -0.4 is 15.8 Å². The Bertz CT molecular complexity index is 1210. The molecule has 192 valence electrons. The maximum Gasteiger partial charge on any atom is 0.146 e. The van der Waals surface area contributed by atoms with Crippen molar-refractivity contribution in [2.24, 2.45) is 5.92 Å². The lowest BCUT2D eigenvalue weighted by Gasteiger charge is -2.37. The van der Waals surface area contributed by atoms with Crippen LogP contribution in [0.3, 0.4) is 0 Å². The molecule has 36 heavy (non-hydrogen) atoms. The van der Waals surface area contributed by atoms with Crippen molar-refractivity contribution in [1.29, 1.82) is 0 Å². The molecule has 3 aromatic rings. The van der Waals surface area contributed by atoms with E-state index in [9.17, 15) is 10.2 Å². The predicted octanol–water partition coefficient (Wildman–Crippen LogP) is 2.66. The van der Waals surface area contributed by atoms with E-state index in [1.165, 1.54) is 6.33 Å². The van der Waals surface area contributed by atoms with Crippen LogP contribution in [0.25, 0.3) is 22.2 Å². The molecule has 9 heteroatoms. The molecule has 4 heterocycles. The van der Waals surface area contributed by atoms with Gasteiger partial charge in [-0.05, 0) is 68.7 Å². The summed E-state index contributed by atoms with van der Waals surface area (Å²) >= 11 is 0. The van der Waals surface area contributed by atoms with Crippen LogP contribution in [0.1, 0.15) is 44.6 Å². The number of nitrogens with one attached hydrogen (secondary N) is 1. The summed E-state index contributed by atoms with van der Waals surface area (Å²) in [4.78, 5) is 8.87. The lowest BCUT2D eigenvalue weighted by atomic mass is 9.80. The Kier molecular flexibility index (Phi) is 6.33. The second-order valence-electron chi connectivity index (χ2n) is 10.7. The molecule has 0 amide bonds. The number of aliphatic hydroxyl groups is 2. The van der Waals surface area contributed by atoms with Gasteiger partial charge in [0.15, 0.2) is 0 Å². The largest absolute Gasteiger partial charge is 0.491 e. The highest BCUT2D eigenvalue weighted by Gasteiger charge is 2.46. The van der Waals surface area contributed by atoms with E-state index in [1.807, 2.05) is 12.1 Å². The van der Waals surface area contributed by atoms with Crippen molar-refractivity contribution in [2.75, 3.05) is 32.1 Å². The van der Waals surface area contributed by atoms with Gasteiger partial charge in [0, 0.05) is 17.8 Å². The average molecular weight is 494 g/mol. The minimum Gasteiger partial charge on any atom is -0.491 e. The molecule has 1 saturated carbocycles. The number of anilines is 1. The van der Waals surface area contributed by atoms with Crippen LogP contribution in [-0.4, -0.2) is 68.9 Å². The first-order valence-corrected chi connectivity index (χ1v) is 13.0. The van der Waals surface area contributed by atoms with Gasteiger partial charge in [-0.25, -0.2) is 9.97 Å². The van der Waals surface area contributed by atoms with Crippen LogP contribution in [0, 0.1) is 5.92 Å². The minimum absolute atomic E-state index is 0.0637. The summed E-state index contributed by atoms with van der Waals surface area (Å²) in [5.41, 5.74) is 9.12. The standard InChI is InChI=1S/C27H35N5O4/c28-25-24-23(18-2-1-3-22(10-18)35-15-27-6-4-21(36-27)5-7-27)12-32(26(24)31-16-30-25)20-8-17(9-20)11-29-19(13-33)14-34/h1-3,10,12,16-17,19-21,29,33-34H,4-9,11,13-15H2,(H2,28,30,31). The molecule has 2 aromatic heterocycles. The Morgan fingerprint density at radius 1 is 1.19 bits per heavy atom. The first kappa shape index (κ1) is 23.7. The second kappa shape index (κ2) is 9.63. The number of ether oxygens (including phenoxy) is 2. The summed E-state index contributed by atoms with van der Waals surface area (Å²) in [6.07, 6.45) is 10.5. The zero-order valence-corrected chi connectivity index (χ0v) is 20.5. The number of aromatic nitrogens is 3. The number of nitrogens with zero attached hydrogens (tertiary/aromatic N) is 3. The molecule has 1 aromatic carbocycles. The fourth-order valence-electron chi connectivity index (χ4n) is 6.07. The van der Waals surface area contributed by atoms with Crippen LogP contribution in [0.15, 0.2) is 36.8 Å². The fraction of sp³-hybridized carbons (Fsp3) is 0.556. The van der Waals surface area contributed by atoms with Crippen LogP contribution in [0.5, 0.6) is 5.75 Å². The van der Waals surface area contributed by atoms with E-state index in [0.717, 1.165) is 73.0 Å². The molecular formula is C27H35N5O4. The first-order chi connectivity index (χ1) is 17.6. The summed E-state index contributed by atoms with van der Waals surface area (Å²) in [6, 6.07) is 8.21. The highest BCUT2D eigenvalue weighted by Crippen LogP contribution is 2.45. The molecule has 0 unspecified atom stereocenters. The lowest BCUT2D eigenvalue weighted by molar-refractivity contribution is -0.0198. The van der Waals surface area contributed by atoms with Gasteiger partial charge in [0.25, 0.3) is 0 Å². The summed E-state index contributed by atoms with van der Waals surface area (Å²) in [6.45, 7) is 1.24. The van der Waals surface area contributed by atoms with E-state index in [-0.39, 0.29) is 24.9 Å². The maximum absolute atomic E-state index is 9.28. The molecular weight excluding hydrogens is 458 g/mol. The number of nitrogens with two attached hydrogens (primary N) is 1. The van der Waals surface area contributed by atoms with Crippen molar-refractivity contribution in [3.8, 4) is 16.9 Å². The third-order valence-corrected chi connectivity index (χ3v) is 8.29. The monoisotopic (exact) mass is 493 g/mol. The quantitative estimate of drug-likeness (QED) is 0.339. The molecule has 1 aliphatic carbocycles. The van der Waals surface area contributed by atoms with Crippen LogP contribution in [0.2, 0.25) is 0 Å². The van der Waals surface area contributed by atoms with Crippen molar-refractivity contribution in [2.45, 2.75) is 62.3 Å². The number of rotatable bonds is 10. The predicted molar refractivity (Wildman–Crippen MR) is 137 cm³/mol. The number of hydrogen-bond donors (Lipinski definition) is 4. The van der Waals surface area contributed by atoms with E-state index < -0.39 is 0 Å². The van der Waals surface area contributed by atoms with Gasteiger partial charge in [-0.3, -0.25) is 0 Å². The molecule has 2 saturated heterocycles. The molecule has 9 nitrogen and oxygen atoms in total. The van der Waals surface area contributed by atoms with E-state index in [2.05, 4.69) is 38.2 Å². The fourth-order valence-corrected chi connectivity index (χ4v) is 6.07. The van der Waals surface area contributed by atoms with Crippen LogP contribution in [0.4, 0.5) is 5.82 Å². The molecule has 0 spiro atoms. The minimum atomic E-state index is -0.264. The summed E-state index contributed by atoms with van der Waals surface area (Å²) in [5.74, 6) is 1.79. The van der Waals surface area contributed by atoms with Crippen molar-refractivity contribution in [3.05, 3.63) is 36.8 Å². The SMILES string of the molecule is Nc1ncnc2c1c(-c1cccc(OCC34CCC(CC3)O4)c1)cn2C1CC(CNC(CO)CO)C1. The molecule has 2 aliphatic heterocycles. The average Bonchev–Trinajstić information content (AvgIpc) is 3.59. The van der Waals surface area contributed by atoms with E-state index in [0.29, 0.717) is 30.5 Å². The van der Waals surface area contributed by atoms with Gasteiger partial charge in [-0.15, -0.1) is 0 Å². The number of nitrogen functional groups attached to an aromatic ring is 1. The first-order valence-electron chi connectivity index (χ1n) is 13.0. The molecule has 6 rings (SSSR count). The maximum atomic E-state index is 9.28. The molecule has 3 fully saturated rings. The lowest BCUT2D eigenvalue weighted by Crippen LogP contribution is -2.42. The van der Waals surface area contributed by atoms with Gasteiger partial charge < -0.3 is 35.3 Å². The Hall–Kier alpha value is -2.72. The Labute approximate surface area is 210 Å². The van der Waals surface area contributed by atoms with E-state index in [1.54, 1.807) is 0 Å². The van der Waals surface area contributed by atoms with E-state index in [4.69, 9.17) is 15.2 Å². The van der Waals surface area contributed by atoms with Gasteiger partial charge in [-0.1, -0.05) is 12.1 Å². The summed E-state index contributed by atoms with van der Waals surface area (Å²) < 4.78 is 14.7. The molecule has 5 N–H and O–H groups in total. The second-order valence-corrected chi connectivity index (χ2v) is 10.7. The zero-order chi connectivity index (χ0) is 24.7. The van der Waals surface area contributed by atoms with Gasteiger partial charge in [0.05, 0.1) is 30.7 Å². The highest BCUT2D eigenvalue weighted by atomic mass is 16.6. The molecule has 2 bridgehead atoms. The van der Waals surface area contributed by atoms with Gasteiger partial charge in [-0.2, -0.15) is 0 Å². The van der Waals surface area contributed by atoms with Crippen molar-refractivity contribution >= 4 is 16.9 Å². The normalized spacial score (nSPS) is 27.1. The molecule has 3 aliphatic rings. The van der Waals surface area contributed by atoms with Crippen molar-refractivity contribution in [1.82, 2.24) is 19.9 Å². The molecule has 0 atom stereocenters. The topological polar surface area (TPSA) is 128 Å². The Balaban J connectivity index is 1.21. The molecule has 0 radical (unpaired) electrons. The number of hydrogen-bond acceptors (Lipinski definition) is 8. The van der Waals surface area contributed by atoms with Gasteiger partial charge in [0.2, 0.25) is 0 Å². The number of fused-ring (bicyclic) bond motifs is 3. The van der Waals surface area contributed by atoms with E-state index >= 15 is 0 Å². The zero-order valence-electron chi connectivity index (χ0n) is 20.5. The third kappa shape index (κ3) is 4.34. The highest BCUT2D eigenvalue weighted by molar-refractivity contribution is 6.00. The summed E-state index contributed by atoms with van der Waals surface area (Å²) in [7, 11) is 0. The summed E-state index contributed by atoms with van der Waals surface area (Å²) in [5, 5.41) is 22.7. The van der Waals surface area contributed by atoms with Crippen molar-refractivity contribution < 1.29 is 19.7 Å². The van der Waals surface area contributed by atoms with Crippen LogP contribution >= 0.6 is 0 Å². The van der Waals surface area contributed by atoms with Gasteiger partial charge in [0.1, 0.15) is 35.7 Å². The Morgan fingerprint density at radius 2 is 2.00 bits per heavy atom. The third-order valence-electron chi connectivity index (χ3n) is 8.29. The van der Waals surface area contributed by atoms with Gasteiger partial charge >= 0.3 is 0 Å².